The van der Waals surface area contributed by atoms with Gasteiger partial charge in [0.25, 0.3) is 0 Å². The number of benzene rings is 1. The highest BCUT2D eigenvalue weighted by molar-refractivity contribution is 5.79. The first kappa shape index (κ1) is 17.2. The minimum absolute atomic E-state index is 0.0418. The van der Waals surface area contributed by atoms with E-state index in [1.165, 1.54) is 12.1 Å². The Morgan fingerprint density at radius 1 is 1.35 bits per heavy atom. The molecule has 1 unspecified atom stereocenters. The molecule has 1 heterocycles. The second-order valence-electron chi connectivity index (χ2n) is 6.19. The third kappa shape index (κ3) is 4.68. The van der Waals surface area contributed by atoms with Gasteiger partial charge in [-0.05, 0) is 50.5 Å². The highest BCUT2D eigenvalue weighted by Gasteiger charge is 2.39. The van der Waals surface area contributed by atoms with Crippen molar-refractivity contribution in [1.29, 1.82) is 0 Å². The summed E-state index contributed by atoms with van der Waals surface area (Å²) in [6.45, 7) is 2.92. The number of carbonyl (C=O) groups is 2. The lowest BCUT2D eigenvalue weighted by Crippen LogP contribution is -2.48. The second kappa shape index (κ2) is 7.44. The van der Waals surface area contributed by atoms with Crippen LogP contribution in [0.3, 0.4) is 0 Å². The first-order chi connectivity index (χ1) is 10.9. The molecule has 1 aliphatic heterocycles. The van der Waals surface area contributed by atoms with Crippen molar-refractivity contribution in [2.45, 2.75) is 32.6 Å². The van der Waals surface area contributed by atoms with E-state index in [4.69, 9.17) is 4.74 Å². The third-order valence-corrected chi connectivity index (χ3v) is 4.18. The molecule has 1 aromatic rings. The summed E-state index contributed by atoms with van der Waals surface area (Å²) in [4.78, 5) is 25.1. The molecule has 0 spiro atoms. The van der Waals surface area contributed by atoms with Gasteiger partial charge in [-0.25, -0.2) is 4.39 Å². The highest BCUT2D eigenvalue weighted by atomic mass is 19.1. The van der Waals surface area contributed by atoms with Crippen molar-refractivity contribution < 1.29 is 23.8 Å². The standard InChI is InChI=1S/C17H22FNO4/c1-17(16(21)22)9-3-10-19(12-17)15(20)4-2-11-23-14-7-5-13(18)6-8-14/h5-8H,2-4,9-12H2,1H3,(H,21,22). The minimum Gasteiger partial charge on any atom is -0.494 e. The number of rotatable bonds is 6. The molecule has 23 heavy (non-hydrogen) atoms. The van der Waals surface area contributed by atoms with Crippen LogP contribution in [0.25, 0.3) is 0 Å². The largest absolute Gasteiger partial charge is 0.494 e. The molecular formula is C17H22FNO4. The lowest BCUT2D eigenvalue weighted by Gasteiger charge is -2.37. The number of amides is 1. The van der Waals surface area contributed by atoms with E-state index >= 15 is 0 Å². The predicted molar refractivity (Wildman–Crippen MR) is 82.7 cm³/mol. The Morgan fingerprint density at radius 3 is 2.70 bits per heavy atom. The number of carbonyl (C=O) groups excluding carboxylic acids is 1. The molecule has 2 rings (SSSR count). The van der Waals surface area contributed by atoms with E-state index in [0.29, 0.717) is 44.6 Å². The number of nitrogens with zero attached hydrogens (tertiary/aromatic N) is 1. The number of hydrogen-bond donors (Lipinski definition) is 1. The molecule has 1 N–H and O–H groups in total. The average Bonchev–Trinajstić information content (AvgIpc) is 2.53. The van der Waals surface area contributed by atoms with Crippen molar-refractivity contribution in [1.82, 2.24) is 4.90 Å². The van der Waals surface area contributed by atoms with E-state index < -0.39 is 11.4 Å². The van der Waals surface area contributed by atoms with Crippen LogP contribution in [0.2, 0.25) is 0 Å². The van der Waals surface area contributed by atoms with E-state index in [-0.39, 0.29) is 18.3 Å². The molecular weight excluding hydrogens is 301 g/mol. The lowest BCUT2D eigenvalue weighted by molar-refractivity contribution is -0.153. The lowest BCUT2D eigenvalue weighted by atomic mass is 9.82. The van der Waals surface area contributed by atoms with Gasteiger partial charge >= 0.3 is 5.97 Å². The van der Waals surface area contributed by atoms with Crippen LogP contribution < -0.4 is 4.74 Å². The monoisotopic (exact) mass is 323 g/mol. The van der Waals surface area contributed by atoms with E-state index in [2.05, 4.69) is 0 Å². The number of likely N-dealkylation sites (tertiary alicyclic amines) is 1. The fourth-order valence-electron chi connectivity index (χ4n) is 2.73. The normalized spacial score (nSPS) is 21.0. The predicted octanol–water partition coefficient (Wildman–Crippen LogP) is 2.70. The Bertz CT molecular complexity index is 560. The smallest absolute Gasteiger partial charge is 0.311 e. The molecule has 126 valence electrons. The van der Waals surface area contributed by atoms with E-state index in [1.807, 2.05) is 0 Å². The molecule has 0 bridgehead atoms. The van der Waals surface area contributed by atoms with Crippen molar-refractivity contribution in [3.8, 4) is 5.75 Å². The number of aliphatic carboxylic acids is 1. The number of ether oxygens (including phenoxy) is 1. The number of hydrogen-bond acceptors (Lipinski definition) is 3. The highest BCUT2D eigenvalue weighted by Crippen LogP contribution is 2.30. The summed E-state index contributed by atoms with van der Waals surface area (Å²) in [5.74, 6) is -0.649. The number of piperidine rings is 1. The number of halogens is 1. The van der Waals surface area contributed by atoms with Crippen LogP contribution >= 0.6 is 0 Å². The molecule has 5 nitrogen and oxygen atoms in total. The van der Waals surface area contributed by atoms with Gasteiger partial charge in [0.05, 0.1) is 12.0 Å². The first-order valence-corrected chi connectivity index (χ1v) is 7.80. The van der Waals surface area contributed by atoms with Crippen LogP contribution in [0.4, 0.5) is 4.39 Å². The molecule has 1 aliphatic rings. The summed E-state index contributed by atoms with van der Waals surface area (Å²) in [5, 5.41) is 9.27. The Morgan fingerprint density at radius 2 is 2.04 bits per heavy atom. The maximum Gasteiger partial charge on any atom is 0.311 e. The molecule has 1 atom stereocenters. The van der Waals surface area contributed by atoms with Crippen molar-refractivity contribution in [2.75, 3.05) is 19.7 Å². The molecule has 1 aromatic carbocycles. The molecule has 0 aliphatic carbocycles. The maximum atomic E-state index is 12.8. The van der Waals surface area contributed by atoms with Crippen LogP contribution in [0.15, 0.2) is 24.3 Å². The van der Waals surface area contributed by atoms with Crippen LogP contribution in [0.5, 0.6) is 5.75 Å². The average molecular weight is 323 g/mol. The Balaban J connectivity index is 1.74. The zero-order valence-corrected chi connectivity index (χ0v) is 13.3. The fraction of sp³-hybridized carbons (Fsp3) is 0.529. The quantitative estimate of drug-likeness (QED) is 0.817. The Labute approximate surface area is 135 Å². The zero-order valence-electron chi connectivity index (χ0n) is 13.3. The summed E-state index contributed by atoms with van der Waals surface area (Å²) < 4.78 is 18.2. The molecule has 1 saturated heterocycles. The second-order valence-corrected chi connectivity index (χ2v) is 6.19. The van der Waals surface area contributed by atoms with E-state index in [9.17, 15) is 19.1 Å². The van der Waals surface area contributed by atoms with Crippen molar-refractivity contribution in [2.24, 2.45) is 5.41 Å². The number of carboxylic acid groups (broad SMARTS) is 1. The third-order valence-electron chi connectivity index (χ3n) is 4.18. The topological polar surface area (TPSA) is 66.8 Å². The van der Waals surface area contributed by atoms with Crippen LogP contribution in [0.1, 0.15) is 32.6 Å². The molecule has 1 amide bonds. The van der Waals surface area contributed by atoms with Gasteiger partial charge in [-0.1, -0.05) is 0 Å². The van der Waals surface area contributed by atoms with E-state index in [0.717, 1.165) is 0 Å². The zero-order chi connectivity index (χ0) is 16.9. The van der Waals surface area contributed by atoms with Crippen LogP contribution in [-0.4, -0.2) is 41.6 Å². The number of carboxylic acids is 1. The SMILES string of the molecule is CC1(C(=O)O)CCCN(C(=O)CCCOc2ccc(F)cc2)C1. The van der Waals surface area contributed by atoms with Crippen molar-refractivity contribution >= 4 is 11.9 Å². The maximum absolute atomic E-state index is 12.8. The van der Waals surface area contributed by atoms with Gasteiger partial charge in [0, 0.05) is 19.5 Å². The summed E-state index contributed by atoms with van der Waals surface area (Å²) in [5.41, 5.74) is -0.849. The molecule has 0 radical (unpaired) electrons. The molecule has 0 saturated carbocycles. The molecule has 0 aromatic heterocycles. The van der Waals surface area contributed by atoms with Crippen molar-refractivity contribution in [3.63, 3.8) is 0 Å². The van der Waals surface area contributed by atoms with Crippen LogP contribution in [-0.2, 0) is 9.59 Å². The first-order valence-electron chi connectivity index (χ1n) is 7.80. The summed E-state index contributed by atoms with van der Waals surface area (Å²) >= 11 is 0. The summed E-state index contributed by atoms with van der Waals surface area (Å²) in [6, 6.07) is 5.72. The van der Waals surface area contributed by atoms with Gasteiger partial charge in [-0.2, -0.15) is 0 Å². The molecule has 1 fully saturated rings. The minimum atomic E-state index is -0.852. The van der Waals surface area contributed by atoms with Gasteiger partial charge in [-0.3, -0.25) is 9.59 Å². The fourth-order valence-corrected chi connectivity index (χ4v) is 2.73. The summed E-state index contributed by atoms with van der Waals surface area (Å²) in [7, 11) is 0. The molecule has 6 heteroatoms. The van der Waals surface area contributed by atoms with Gasteiger partial charge in [0.2, 0.25) is 5.91 Å². The summed E-state index contributed by atoms with van der Waals surface area (Å²) in [6.07, 6.45) is 2.16. The van der Waals surface area contributed by atoms with Crippen molar-refractivity contribution in [3.05, 3.63) is 30.1 Å². The van der Waals surface area contributed by atoms with Gasteiger partial charge in [0.1, 0.15) is 11.6 Å². The van der Waals surface area contributed by atoms with E-state index in [1.54, 1.807) is 24.0 Å². The Hall–Kier alpha value is -2.11. The Kier molecular flexibility index (Phi) is 5.58. The van der Waals surface area contributed by atoms with Gasteiger partial charge in [-0.15, -0.1) is 0 Å². The van der Waals surface area contributed by atoms with Gasteiger partial charge in [0.15, 0.2) is 0 Å². The van der Waals surface area contributed by atoms with Gasteiger partial charge < -0.3 is 14.7 Å². The van der Waals surface area contributed by atoms with Crippen LogP contribution in [0, 0.1) is 11.2 Å².